The largest absolute Gasteiger partial charge is 0.497 e. The van der Waals surface area contributed by atoms with Crippen LogP contribution in [0.25, 0.3) is 10.9 Å². The molecule has 1 unspecified atom stereocenters. The van der Waals surface area contributed by atoms with E-state index in [4.69, 9.17) is 9.47 Å². The number of fused-ring (bicyclic) bond motifs is 1. The molecule has 2 aromatic heterocycles. The molecule has 13 heteroatoms. The van der Waals surface area contributed by atoms with Gasteiger partial charge >= 0.3 is 0 Å². The van der Waals surface area contributed by atoms with Crippen LogP contribution in [-0.2, 0) is 11.3 Å². The number of nitro benzene ring substituents is 1. The number of aromatic amines is 1. The zero-order valence-corrected chi connectivity index (χ0v) is 21.1. The van der Waals surface area contributed by atoms with E-state index in [1.165, 1.54) is 12.1 Å². The van der Waals surface area contributed by atoms with Crippen LogP contribution in [0, 0.1) is 10.1 Å². The number of nitrogens with one attached hydrogen (secondary N) is 1. The Hall–Kier alpha value is -4.36. The van der Waals surface area contributed by atoms with Gasteiger partial charge < -0.3 is 19.4 Å². The summed E-state index contributed by atoms with van der Waals surface area (Å²) in [5.41, 5.74) is 1.96. The van der Waals surface area contributed by atoms with E-state index >= 15 is 0 Å². The Morgan fingerprint density at radius 3 is 2.53 bits per heavy atom. The number of rotatable bonds is 9. The topological polar surface area (TPSA) is 145 Å². The Morgan fingerprint density at radius 2 is 1.84 bits per heavy atom. The minimum absolute atomic E-state index is 0.0588. The van der Waals surface area contributed by atoms with Gasteiger partial charge in [0.25, 0.3) is 11.2 Å². The number of pyridine rings is 1. The number of nitrogens with zero attached hydrogens (tertiary/aromatic N) is 7. The Labute approximate surface area is 217 Å². The number of methoxy groups -OCH3 is 2. The first-order valence-corrected chi connectivity index (χ1v) is 12.2. The highest BCUT2D eigenvalue weighted by Gasteiger charge is 2.33. The summed E-state index contributed by atoms with van der Waals surface area (Å²) in [6.07, 6.45) is 0. The highest BCUT2D eigenvalue weighted by molar-refractivity contribution is 5.80. The Balaban J connectivity index is 1.47. The van der Waals surface area contributed by atoms with Crippen molar-refractivity contribution in [2.75, 3.05) is 51.9 Å². The Morgan fingerprint density at radius 1 is 1.08 bits per heavy atom. The number of anilines is 1. The number of piperazine rings is 1. The average molecular weight is 521 g/mol. The van der Waals surface area contributed by atoms with Crippen molar-refractivity contribution in [2.45, 2.75) is 12.6 Å². The van der Waals surface area contributed by atoms with Crippen molar-refractivity contribution in [2.24, 2.45) is 0 Å². The summed E-state index contributed by atoms with van der Waals surface area (Å²) < 4.78 is 12.2. The van der Waals surface area contributed by atoms with E-state index in [1.54, 1.807) is 37.1 Å². The standard InChI is InChI=1S/C25H28N8O5/c1-37-14-13-32-24(27-28-29-32)23(21-15-17-3-8-20(38-2)16-22(17)26-25(21)34)31-11-9-30(10-12-31)18-4-6-19(7-5-18)33(35)36/h3-8,15-16,23H,9-14H2,1-2H3,(H,26,34). The SMILES string of the molecule is COCCn1nnnc1C(c1cc2ccc(OC)cc2[nH]c1=O)N1CCN(c2ccc([N+](=O)[O-])cc2)CC1. The van der Waals surface area contributed by atoms with Gasteiger partial charge in [-0.15, -0.1) is 5.10 Å². The normalized spacial score (nSPS) is 15.1. The van der Waals surface area contributed by atoms with Crippen LogP contribution in [0.5, 0.6) is 5.75 Å². The third kappa shape index (κ3) is 5.06. The van der Waals surface area contributed by atoms with Gasteiger partial charge in [0.15, 0.2) is 5.82 Å². The van der Waals surface area contributed by atoms with E-state index in [-0.39, 0.29) is 11.2 Å². The molecule has 5 rings (SSSR count). The molecule has 1 atom stereocenters. The minimum atomic E-state index is -0.490. The molecule has 4 aromatic rings. The third-order valence-electron chi connectivity index (χ3n) is 6.79. The maximum Gasteiger partial charge on any atom is 0.269 e. The lowest BCUT2D eigenvalue weighted by molar-refractivity contribution is -0.384. The highest BCUT2D eigenvalue weighted by Crippen LogP contribution is 2.30. The fourth-order valence-corrected chi connectivity index (χ4v) is 4.79. The third-order valence-corrected chi connectivity index (χ3v) is 6.79. The van der Waals surface area contributed by atoms with Crippen molar-refractivity contribution in [1.82, 2.24) is 30.1 Å². The number of tetrazole rings is 1. The first kappa shape index (κ1) is 25.3. The van der Waals surface area contributed by atoms with E-state index < -0.39 is 11.0 Å². The lowest BCUT2D eigenvalue weighted by Crippen LogP contribution is -2.49. The number of non-ortho nitro benzene ring substituents is 1. The van der Waals surface area contributed by atoms with Crippen LogP contribution < -0.4 is 15.2 Å². The molecule has 1 N–H and O–H groups in total. The second kappa shape index (κ2) is 10.9. The molecule has 0 radical (unpaired) electrons. The van der Waals surface area contributed by atoms with Gasteiger partial charge in [-0.2, -0.15) is 0 Å². The predicted octanol–water partition coefficient (Wildman–Crippen LogP) is 1.99. The molecule has 13 nitrogen and oxygen atoms in total. The maximum absolute atomic E-state index is 13.4. The molecular weight excluding hydrogens is 492 g/mol. The number of aromatic nitrogens is 5. The van der Waals surface area contributed by atoms with Crippen LogP contribution in [0.3, 0.4) is 0 Å². The summed E-state index contributed by atoms with van der Waals surface area (Å²) in [4.78, 5) is 31.4. The molecule has 3 heterocycles. The highest BCUT2D eigenvalue weighted by atomic mass is 16.6. The molecule has 1 fully saturated rings. The summed E-state index contributed by atoms with van der Waals surface area (Å²) in [6, 6.07) is 13.5. The van der Waals surface area contributed by atoms with Crippen molar-refractivity contribution in [3.63, 3.8) is 0 Å². The number of hydrogen-bond acceptors (Lipinski definition) is 10. The average Bonchev–Trinajstić information content (AvgIpc) is 3.40. The van der Waals surface area contributed by atoms with Gasteiger partial charge in [-0.1, -0.05) is 0 Å². The summed E-state index contributed by atoms with van der Waals surface area (Å²) in [5, 5.41) is 24.3. The molecule has 1 aliphatic heterocycles. The van der Waals surface area contributed by atoms with Gasteiger partial charge in [-0.25, -0.2) is 4.68 Å². The van der Waals surface area contributed by atoms with Crippen LogP contribution in [0.15, 0.2) is 53.3 Å². The van der Waals surface area contributed by atoms with Crippen molar-refractivity contribution in [3.8, 4) is 5.75 Å². The second-order valence-corrected chi connectivity index (χ2v) is 8.96. The zero-order chi connectivity index (χ0) is 26.6. The number of H-pyrrole nitrogens is 1. The van der Waals surface area contributed by atoms with Crippen LogP contribution >= 0.6 is 0 Å². The van der Waals surface area contributed by atoms with Crippen LogP contribution in [0.1, 0.15) is 17.4 Å². The first-order valence-electron chi connectivity index (χ1n) is 12.2. The lowest BCUT2D eigenvalue weighted by Gasteiger charge is -2.39. The van der Waals surface area contributed by atoms with E-state index in [1.807, 2.05) is 18.2 Å². The van der Waals surface area contributed by atoms with Gasteiger partial charge in [0.05, 0.1) is 30.7 Å². The zero-order valence-electron chi connectivity index (χ0n) is 21.1. The monoisotopic (exact) mass is 520 g/mol. The summed E-state index contributed by atoms with van der Waals surface area (Å²) in [5.74, 6) is 1.22. The minimum Gasteiger partial charge on any atom is -0.497 e. The molecule has 0 spiro atoms. The molecular formula is C25H28N8O5. The molecule has 1 aliphatic rings. The maximum atomic E-state index is 13.4. The smallest absolute Gasteiger partial charge is 0.269 e. The van der Waals surface area contributed by atoms with E-state index in [9.17, 15) is 14.9 Å². The first-order chi connectivity index (χ1) is 18.5. The van der Waals surface area contributed by atoms with Crippen molar-refractivity contribution < 1.29 is 14.4 Å². The van der Waals surface area contributed by atoms with E-state index in [2.05, 4.69) is 30.3 Å². The number of nitro groups is 1. The quantitative estimate of drug-likeness (QED) is 0.257. The molecule has 0 aliphatic carbocycles. The molecule has 0 saturated carbocycles. The Kier molecular flexibility index (Phi) is 7.29. The summed E-state index contributed by atoms with van der Waals surface area (Å²) >= 11 is 0. The molecule has 198 valence electrons. The van der Waals surface area contributed by atoms with Crippen molar-refractivity contribution in [1.29, 1.82) is 0 Å². The molecule has 38 heavy (non-hydrogen) atoms. The van der Waals surface area contributed by atoms with Gasteiger partial charge in [-0.05, 0) is 46.1 Å². The van der Waals surface area contributed by atoms with Gasteiger partial charge in [0.1, 0.15) is 11.8 Å². The van der Waals surface area contributed by atoms with Crippen molar-refractivity contribution >= 4 is 22.3 Å². The van der Waals surface area contributed by atoms with Gasteiger partial charge in [0, 0.05) is 62.7 Å². The fraction of sp³-hybridized carbons (Fsp3) is 0.360. The van der Waals surface area contributed by atoms with Gasteiger partial charge in [0.2, 0.25) is 0 Å². The Bertz CT molecular complexity index is 1480. The van der Waals surface area contributed by atoms with Crippen molar-refractivity contribution in [3.05, 3.63) is 80.4 Å². The fourth-order valence-electron chi connectivity index (χ4n) is 4.79. The van der Waals surface area contributed by atoms with Crippen LogP contribution in [0.2, 0.25) is 0 Å². The molecule has 1 saturated heterocycles. The van der Waals surface area contributed by atoms with Crippen LogP contribution in [0.4, 0.5) is 11.4 Å². The second-order valence-electron chi connectivity index (χ2n) is 8.96. The predicted molar refractivity (Wildman–Crippen MR) is 140 cm³/mol. The number of ether oxygens (including phenoxy) is 2. The van der Waals surface area contributed by atoms with E-state index in [0.29, 0.717) is 62.0 Å². The summed E-state index contributed by atoms with van der Waals surface area (Å²) in [6.45, 7) is 3.44. The number of benzene rings is 2. The van der Waals surface area contributed by atoms with E-state index in [0.717, 1.165) is 11.1 Å². The lowest BCUT2D eigenvalue weighted by atomic mass is 10.0. The molecule has 0 amide bonds. The molecule has 2 aromatic carbocycles. The van der Waals surface area contributed by atoms with Crippen LogP contribution in [-0.4, -0.2) is 82.0 Å². The number of hydrogen-bond donors (Lipinski definition) is 1. The molecule has 0 bridgehead atoms. The summed E-state index contributed by atoms with van der Waals surface area (Å²) in [7, 11) is 3.20. The van der Waals surface area contributed by atoms with Gasteiger partial charge in [-0.3, -0.25) is 19.8 Å².